The van der Waals surface area contributed by atoms with Crippen molar-refractivity contribution in [3.05, 3.63) is 0 Å². The van der Waals surface area contributed by atoms with Crippen molar-refractivity contribution in [3.63, 3.8) is 0 Å². The molecule has 0 amide bonds. The predicted octanol–water partition coefficient (Wildman–Crippen LogP) is 1.26. The Morgan fingerprint density at radius 3 is 2.53 bits per heavy atom. The van der Waals surface area contributed by atoms with Crippen LogP contribution in [0.15, 0.2) is 0 Å². The number of nitrogens with one attached hydrogen (secondary N) is 2. The summed E-state index contributed by atoms with van der Waals surface area (Å²) in [6.45, 7) is 13.8. The smallest absolute Gasteiger partial charge is 0.0481 e. The first-order valence-corrected chi connectivity index (χ1v) is 6.28. The van der Waals surface area contributed by atoms with Crippen molar-refractivity contribution in [1.29, 1.82) is 0 Å². The average Bonchev–Trinajstić information content (AvgIpc) is 2.19. The van der Waals surface area contributed by atoms with Crippen molar-refractivity contribution in [2.45, 2.75) is 33.6 Å². The SMILES string of the molecule is CCCC(C)(C)CNCN1CCNCC1. The molecule has 1 rings (SSSR count). The molecule has 1 aliphatic rings. The van der Waals surface area contributed by atoms with Crippen LogP contribution in [-0.4, -0.2) is 44.3 Å². The van der Waals surface area contributed by atoms with Gasteiger partial charge < -0.3 is 10.6 Å². The Bertz CT molecular complexity index is 162. The Morgan fingerprint density at radius 1 is 1.27 bits per heavy atom. The Kier molecular flexibility index (Phi) is 5.58. The molecule has 0 aromatic rings. The van der Waals surface area contributed by atoms with Crippen molar-refractivity contribution >= 4 is 0 Å². The Balaban J connectivity index is 2.09. The summed E-state index contributed by atoms with van der Waals surface area (Å²) in [6, 6.07) is 0. The third-order valence-corrected chi connectivity index (χ3v) is 3.08. The molecule has 0 unspecified atom stereocenters. The van der Waals surface area contributed by atoms with Crippen LogP contribution < -0.4 is 10.6 Å². The Labute approximate surface area is 94.6 Å². The molecule has 0 aromatic heterocycles. The highest BCUT2D eigenvalue weighted by Crippen LogP contribution is 2.20. The molecule has 0 radical (unpaired) electrons. The topological polar surface area (TPSA) is 27.3 Å². The molecule has 3 heteroatoms. The van der Waals surface area contributed by atoms with Gasteiger partial charge in [-0.1, -0.05) is 27.2 Å². The maximum atomic E-state index is 3.58. The molecule has 0 aliphatic carbocycles. The van der Waals surface area contributed by atoms with Gasteiger partial charge in [0, 0.05) is 39.4 Å². The van der Waals surface area contributed by atoms with Crippen LogP contribution in [0.25, 0.3) is 0 Å². The fourth-order valence-electron chi connectivity index (χ4n) is 2.19. The zero-order valence-electron chi connectivity index (χ0n) is 10.6. The van der Waals surface area contributed by atoms with Crippen LogP contribution in [-0.2, 0) is 0 Å². The molecular weight excluding hydrogens is 186 g/mol. The van der Waals surface area contributed by atoms with Gasteiger partial charge in [-0.25, -0.2) is 0 Å². The quantitative estimate of drug-likeness (QED) is 0.696. The van der Waals surface area contributed by atoms with E-state index in [-0.39, 0.29) is 0 Å². The number of rotatable bonds is 6. The van der Waals surface area contributed by atoms with Gasteiger partial charge >= 0.3 is 0 Å². The maximum absolute atomic E-state index is 3.58. The van der Waals surface area contributed by atoms with E-state index < -0.39 is 0 Å². The van der Waals surface area contributed by atoms with E-state index in [4.69, 9.17) is 0 Å². The molecule has 0 saturated carbocycles. The second kappa shape index (κ2) is 6.46. The summed E-state index contributed by atoms with van der Waals surface area (Å²) < 4.78 is 0. The van der Waals surface area contributed by atoms with Crippen molar-refractivity contribution in [3.8, 4) is 0 Å². The molecule has 0 bridgehead atoms. The summed E-state index contributed by atoms with van der Waals surface area (Å²) in [4.78, 5) is 2.48. The van der Waals surface area contributed by atoms with Crippen LogP contribution in [0.3, 0.4) is 0 Å². The third-order valence-electron chi connectivity index (χ3n) is 3.08. The van der Waals surface area contributed by atoms with Crippen molar-refractivity contribution < 1.29 is 0 Å². The van der Waals surface area contributed by atoms with E-state index >= 15 is 0 Å². The molecular formula is C12H27N3. The molecule has 0 aromatic carbocycles. The molecule has 90 valence electrons. The van der Waals surface area contributed by atoms with Crippen LogP contribution in [0.1, 0.15) is 33.6 Å². The lowest BCUT2D eigenvalue weighted by atomic mass is 9.88. The zero-order chi connectivity index (χ0) is 11.1. The van der Waals surface area contributed by atoms with Gasteiger partial charge in [-0.15, -0.1) is 0 Å². The standard InChI is InChI=1S/C12H27N3/c1-4-5-12(2,3)10-14-11-15-8-6-13-7-9-15/h13-14H,4-11H2,1-3H3. The molecule has 15 heavy (non-hydrogen) atoms. The van der Waals surface area contributed by atoms with Crippen LogP contribution in [0.4, 0.5) is 0 Å². The Hall–Kier alpha value is -0.120. The molecule has 1 saturated heterocycles. The summed E-state index contributed by atoms with van der Waals surface area (Å²) in [5, 5.41) is 6.95. The monoisotopic (exact) mass is 213 g/mol. The van der Waals surface area contributed by atoms with Gasteiger partial charge in [-0.3, -0.25) is 4.90 Å². The van der Waals surface area contributed by atoms with Crippen LogP contribution >= 0.6 is 0 Å². The highest BCUT2D eigenvalue weighted by molar-refractivity contribution is 4.72. The fourth-order valence-corrected chi connectivity index (χ4v) is 2.19. The second-order valence-corrected chi connectivity index (χ2v) is 5.37. The normalized spacial score (nSPS) is 19.4. The summed E-state index contributed by atoms with van der Waals surface area (Å²) >= 11 is 0. The first-order valence-electron chi connectivity index (χ1n) is 6.28. The Morgan fingerprint density at radius 2 is 1.93 bits per heavy atom. The van der Waals surface area contributed by atoms with Crippen molar-refractivity contribution in [2.24, 2.45) is 5.41 Å². The summed E-state index contributed by atoms with van der Waals surface area (Å²) in [6.07, 6.45) is 2.59. The van der Waals surface area contributed by atoms with E-state index in [0.29, 0.717) is 5.41 Å². The minimum atomic E-state index is 0.447. The third kappa shape index (κ3) is 5.50. The van der Waals surface area contributed by atoms with E-state index in [0.717, 1.165) is 26.3 Å². The van der Waals surface area contributed by atoms with Gasteiger partial charge in [-0.05, 0) is 11.8 Å². The van der Waals surface area contributed by atoms with Crippen molar-refractivity contribution in [2.75, 3.05) is 39.4 Å². The fraction of sp³-hybridized carbons (Fsp3) is 1.00. The molecule has 3 nitrogen and oxygen atoms in total. The van der Waals surface area contributed by atoms with Gasteiger partial charge in [0.25, 0.3) is 0 Å². The van der Waals surface area contributed by atoms with Crippen molar-refractivity contribution in [1.82, 2.24) is 15.5 Å². The molecule has 1 fully saturated rings. The van der Waals surface area contributed by atoms with Gasteiger partial charge in [0.1, 0.15) is 0 Å². The first-order chi connectivity index (χ1) is 7.14. The highest BCUT2D eigenvalue weighted by Gasteiger charge is 2.16. The van der Waals surface area contributed by atoms with E-state index in [1.165, 1.54) is 25.9 Å². The number of piperazine rings is 1. The highest BCUT2D eigenvalue weighted by atomic mass is 15.3. The van der Waals surface area contributed by atoms with Gasteiger partial charge in [0.05, 0.1) is 0 Å². The zero-order valence-corrected chi connectivity index (χ0v) is 10.6. The number of nitrogens with zero attached hydrogens (tertiary/aromatic N) is 1. The number of hydrogen-bond acceptors (Lipinski definition) is 3. The van der Waals surface area contributed by atoms with Crippen LogP contribution in [0, 0.1) is 5.41 Å². The van der Waals surface area contributed by atoms with E-state index in [2.05, 4.69) is 36.3 Å². The lowest BCUT2D eigenvalue weighted by Crippen LogP contribution is -2.48. The van der Waals surface area contributed by atoms with Crippen LogP contribution in [0.5, 0.6) is 0 Å². The lowest BCUT2D eigenvalue weighted by molar-refractivity contribution is 0.204. The average molecular weight is 213 g/mol. The largest absolute Gasteiger partial charge is 0.314 e. The predicted molar refractivity (Wildman–Crippen MR) is 66.0 cm³/mol. The molecule has 0 spiro atoms. The second-order valence-electron chi connectivity index (χ2n) is 5.37. The lowest BCUT2D eigenvalue weighted by Gasteiger charge is -2.30. The minimum Gasteiger partial charge on any atom is -0.314 e. The summed E-state index contributed by atoms with van der Waals surface area (Å²) in [5.41, 5.74) is 0.447. The molecule has 1 heterocycles. The van der Waals surface area contributed by atoms with Gasteiger partial charge in [0.15, 0.2) is 0 Å². The van der Waals surface area contributed by atoms with Gasteiger partial charge in [0.2, 0.25) is 0 Å². The van der Waals surface area contributed by atoms with Gasteiger partial charge in [-0.2, -0.15) is 0 Å². The molecule has 2 N–H and O–H groups in total. The maximum Gasteiger partial charge on any atom is 0.0481 e. The number of hydrogen-bond donors (Lipinski definition) is 2. The van der Waals surface area contributed by atoms with E-state index in [1.54, 1.807) is 0 Å². The molecule has 1 aliphatic heterocycles. The first kappa shape index (κ1) is 12.9. The van der Waals surface area contributed by atoms with E-state index in [9.17, 15) is 0 Å². The minimum absolute atomic E-state index is 0.447. The van der Waals surface area contributed by atoms with Crippen LogP contribution in [0.2, 0.25) is 0 Å². The summed E-state index contributed by atoms with van der Waals surface area (Å²) in [7, 11) is 0. The van der Waals surface area contributed by atoms with E-state index in [1.807, 2.05) is 0 Å². The summed E-state index contributed by atoms with van der Waals surface area (Å²) in [5.74, 6) is 0. The molecule has 0 atom stereocenters.